The summed E-state index contributed by atoms with van der Waals surface area (Å²) in [6.07, 6.45) is 7.44. The number of hydrogen-bond donors (Lipinski definition) is 0. The zero-order chi connectivity index (χ0) is 23.6. The number of nitrogens with zero attached hydrogens (tertiary/aromatic N) is 4. The first kappa shape index (κ1) is 24.3. The van der Waals surface area contributed by atoms with Crippen molar-refractivity contribution in [2.75, 3.05) is 33.1 Å². The number of aromatic nitrogens is 1. The molecule has 0 atom stereocenters. The van der Waals surface area contributed by atoms with E-state index in [1.807, 2.05) is 36.4 Å². The predicted molar refractivity (Wildman–Crippen MR) is 132 cm³/mol. The Balaban J connectivity index is 1.99. The van der Waals surface area contributed by atoms with Gasteiger partial charge in [-0.3, -0.25) is 4.99 Å². The normalized spacial score (nSPS) is 13.2. The molecule has 33 heavy (non-hydrogen) atoms. The van der Waals surface area contributed by atoms with Gasteiger partial charge >= 0.3 is 0 Å². The molecule has 1 aliphatic carbocycles. The summed E-state index contributed by atoms with van der Waals surface area (Å²) in [5.41, 5.74) is 4.02. The standard InChI is InChI=1S/C26H26N4O2S/c1-18(5-4-12-29-2)17-33-26-23(16-28)24(22(15-27)25(30-26)20-6-7-20)19-8-10-21(11-9-19)32-14-13-31-3/h4-5,8-12,20H,1,6-7,13-14,17H2,2-3H3/b5-4-,29-12?. The van der Waals surface area contributed by atoms with Gasteiger partial charge in [-0.2, -0.15) is 10.5 Å². The monoisotopic (exact) mass is 458 g/mol. The summed E-state index contributed by atoms with van der Waals surface area (Å²) in [4.78, 5) is 8.71. The third-order valence-corrected chi connectivity index (χ3v) is 6.12. The number of nitriles is 2. The van der Waals surface area contributed by atoms with Gasteiger partial charge in [-0.1, -0.05) is 24.8 Å². The van der Waals surface area contributed by atoms with E-state index in [0.29, 0.717) is 46.4 Å². The Hall–Kier alpha value is -3.39. The van der Waals surface area contributed by atoms with Crippen molar-refractivity contribution in [1.82, 2.24) is 4.98 Å². The fraction of sp³-hybridized carbons (Fsp3) is 0.308. The molecule has 1 aromatic carbocycles. The summed E-state index contributed by atoms with van der Waals surface area (Å²) in [6.45, 7) is 5.02. The van der Waals surface area contributed by atoms with Crippen molar-refractivity contribution in [3.8, 4) is 29.0 Å². The zero-order valence-electron chi connectivity index (χ0n) is 18.9. The van der Waals surface area contributed by atoms with Crippen LogP contribution >= 0.6 is 11.8 Å². The minimum absolute atomic E-state index is 0.269. The number of hydrogen-bond acceptors (Lipinski definition) is 7. The van der Waals surface area contributed by atoms with Crippen LogP contribution in [0.2, 0.25) is 0 Å². The summed E-state index contributed by atoms with van der Waals surface area (Å²) in [6, 6.07) is 12.1. The first-order valence-corrected chi connectivity index (χ1v) is 11.6. The molecule has 1 aromatic heterocycles. The van der Waals surface area contributed by atoms with Crippen LogP contribution in [-0.4, -0.2) is 44.3 Å². The quantitative estimate of drug-likeness (QED) is 0.196. The lowest BCUT2D eigenvalue weighted by molar-refractivity contribution is 0.146. The summed E-state index contributed by atoms with van der Waals surface area (Å²) >= 11 is 1.46. The third-order valence-electron chi connectivity index (χ3n) is 5.04. The van der Waals surface area contributed by atoms with Crippen molar-refractivity contribution >= 4 is 18.0 Å². The second-order valence-electron chi connectivity index (χ2n) is 7.50. The number of thioether (sulfide) groups is 1. The number of aliphatic imine (C=N–C) groups is 1. The molecule has 168 valence electrons. The second kappa shape index (κ2) is 12.0. The van der Waals surface area contributed by atoms with Crippen LogP contribution in [-0.2, 0) is 4.74 Å². The van der Waals surface area contributed by atoms with E-state index in [9.17, 15) is 10.5 Å². The number of pyridine rings is 1. The third kappa shape index (κ3) is 6.32. The van der Waals surface area contributed by atoms with E-state index in [0.717, 1.165) is 29.7 Å². The van der Waals surface area contributed by atoms with Gasteiger partial charge in [0.15, 0.2) is 0 Å². The maximum Gasteiger partial charge on any atom is 0.119 e. The van der Waals surface area contributed by atoms with Gasteiger partial charge in [-0.05, 0) is 42.2 Å². The highest BCUT2D eigenvalue weighted by Crippen LogP contribution is 2.45. The molecule has 6 nitrogen and oxygen atoms in total. The van der Waals surface area contributed by atoms with Gasteiger partial charge in [0.1, 0.15) is 29.5 Å². The Morgan fingerprint density at radius 3 is 2.55 bits per heavy atom. The lowest BCUT2D eigenvalue weighted by atomic mass is 9.94. The molecular formula is C26H26N4O2S. The molecule has 2 aromatic rings. The molecule has 3 rings (SSSR count). The van der Waals surface area contributed by atoms with Crippen LogP contribution in [0.4, 0.5) is 0 Å². The van der Waals surface area contributed by atoms with E-state index in [2.05, 4.69) is 23.7 Å². The Morgan fingerprint density at radius 1 is 1.21 bits per heavy atom. The van der Waals surface area contributed by atoms with E-state index in [4.69, 9.17) is 14.5 Å². The molecule has 7 heteroatoms. The molecule has 0 aliphatic heterocycles. The molecule has 1 fully saturated rings. The van der Waals surface area contributed by atoms with E-state index in [1.165, 1.54) is 11.8 Å². The molecule has 1 heterocycles. The molecule has 0 N–H and O–H groups in total. The topological polar surface area (TPSA) is 91.3 Å². The van der Waals surface area contributed by atoms with Crippen LogP contribution in [0.1, 0.15) is 35.6 Å². The van der Waals surface area contributed by atoms with Gasteiger partial charge in [-0.25, -0.2) is 4.98 Å². The maximum absolute atomic E-state index is 10.1. The first-order valence-electron chi connectivity index (χ1n) is 10.6. The van der Waals surface area contributed by atoms with Crippen LogP contribution in [0.3, 0.4) is 0 Å². The van der Waals surface area contributed by atoms with Crippen LogP contribution < -0.4 is 4.74 Å². The van der Waals surface area contributed by atoms with Crippen LogP contribution in [0.25, 0.3) is 11.1 Å². The highest BCUT2D eigenvalue weighted by atomic mass is 32.2. The number of benzene rings is 1. The van der Waals surface area contributed by atoms with Crippen molar-refractivity contribution in [3.05, 3.63) is 65.4 Å². The number of methoxy groups -OCH3 is 1. The van der Waals surface area contributed by atoms with E-state index >= 15 is 0 Å². The van der Waals surface area contributed by atoms with Crippen molar-refractivity contribution in [3.63, 3.8) is 0 Å². The summed E-state index contributed by atoms with van der Waals surface area (Å²) in [5.74, 6) is 1.56. The summed E-state index contributed by atoms with van der Waals surface area (Å²) < 4.78 is 10.7. The van der Waals surface area contributed by atoms with Gasteiger partial charge < -0.3 is 9.47 Å². The van der Waals surface area contributed by atoms with E-state index in [-0.39, 0.29) is 5.92 Å². The molecule has 0 bridgehead atoms. The Morgan fingerprint density at radius 2 is 1.94 bits per heavy atom. The van der Waals surface area contributed by atoms with Crippen molar-refractivity contribution in [2.45, 2.75) is 23.8 Å². The van der Waals surface area contributed by atoms with Crippen LogP contribution in [0.15, 0.2) is 58.6 Å². The molecule has 0 radical (unpaired) electrons. The first-order chi connectivity index (χ1) is 16.1. The number of allylic oxidation sites excluding steroid dienone is 2. The fourth-order valence-electron chi connectivity index (χ4n) is 3.28. The van der Waals surface area contributed by atoms with Gasteiger partial charge in [0.25, 0.3) is 0 Å². The average Bonchev–Trinajstić information content (AvgIpc) is 3.68. The molecule has 0 spiro atoms. The zero-order valence-corrected chi connectivity index (χ0v) is 19.7. The van der Waals surface area contributed by atoms with Crippen molar-refractivity contribution < 1.29 is 9.47 Å². The Labute approximate surface area is 199 Å². The highest BCUT2D eigenvalue weighted by Gasteiger charge is 2.32. The molecular weight excluding hydrogens is 432 g/mol. The second-order valence-corrected chi connectivity index (χ2v) is 8.47. The maximum atomic E-state index is 10.1. The van der Waals surface area contributed by atoms with Gasteiger partial charge in [0.2, 0.25) is 0 Å². The minimum atomic E-state index is 0.269. The van der Waals surface area contributed by atoms with Gasteiger partial charge in [0, 0.05) is 37.6 Å². The fourth-order valence-corrected chi connectivity index (χ4v) is 4.15. The van der Waals surface area contributed by atoms with E-state index in [1.54, 1.807) is 20.4 Å². The molecule has 1 saturated carbocycles. The number of rotatable bonds is 11. The molecule has 0 unspecified atom stereocenters. The lowest BCUT2D eigenvalue weighted by Gasteiger charge is -2.15. The van der Waals surface area contributed by atoms with E-state index < -0.39 is 0 Å². The van der Waals surface area contributed by atoms with Crippen LogP contribution in [0, 0.1) is 22.7 Å². The van der Waals surface area contributed by atoms with Gasteiger partial charge in [-0.15, -0.1) is 11.8 Å². The molecule has 1 aliphatic rings. The molecule has 0 saturated heterocycles. The Kier molecular flexibility index (Phi) is 8.83. The highest BCUT2D eigenvalue weighted by molar-refractivity contribution is 7.99. The minimum Gasteiger partial charge on any atom is -0.491 e. The Bertz CT molecular complexity index is 1140. The SMILES string of the molecule is C=C(/C=C\C=NC)CSc1nc(C2CC2)c(C#N)c(-c2ccc(OCCOC)cc2)c1C#N. The van der Waals surface area contributed by atoms with Crippen LogP contribution in [0.5, 0.6) is 5.75 Å². The van der Waals surface area contributed by atoms with Crippen molar-refractivity contribution in [2.24, 2.45) is 4.99 Å². The largest absolute Gasteiger partial charge is 0.491 e. The number of ether oxygens (including phenoxy) is 2. The van der Waals surface area contributed by atoms with Crippen molar-refractivity contribution in [1.29, 1.82) is 10.5 Å². The predicted octanol–water partition coefficient (Wildman–Crippen LogP) is 5.30. The smallest absolute Gasteiger partial charge is 0.119 e. The summed E-state index contributed by atoms with van der Waals surface area (Å²) in [5, 5.41) is 20.7. The van der Waals surface area contributed by atoms with Gasteiger partial charge in [0.05, 0.1) is 23.4 Å². The average molecular weight is 459 g/mol. The lowest BCUT2D eigenvalue weighted by Crippen LogP contribution is -2.05. The summed E-state index contributed by atoms with van der Waals surface area (Å²) in [7, 11) is 3.34. The molecule has 0 amide bonds.